The van der Waals surface area contributed by atoms with Crippen molar-refractivity contribution in [2.45, 2.75) is 50.1 Å². The molecule has 1 aliphatic rings. The van der Waals surface area contributed by atoms with Crippen LogP contribution >= 0.6 is 0 Å². The molecular formula is C16H18F2N2O. The van der Waals surface area contributed by atoms with Crippen molar-refractivity contribution < 1.29 is 13.6 Å². The largest absolute Gasteiger partial charge is 0.401 e. The molecule has 0 aromatic heterocycles. The number of nitrogens with one attached hydrogen (secondary N) is 1. The molecular weight excluding hydrogens is 274 g/mol. The van der Waals surface area contributed by atoms with Crippen LogP contribution in [0.2, 0.25) is 0 Å². The van der Waals surface area contributed by atoms with Crippen LogP contribution in [0.4, 0.5) is 8.78 Å². The fourth-order valence-corrected chi connectivity index (χ4v) is 2.65. The first-order valence-corrected chi connectivity index (χ1v) is 7.16. The van der Waals surface area contributed by atoms with Crippen molar-refractivity contribution in [3.8, 4) is 0 Å². The molecule has 1 aromatic rings. The fraction of sp³-hybridized carbons (Fsp3) is 0.500. The van der Waals surface area contributed by atoms with Crippen molar-refractivity contribution in [3.05, 3.63) is 47.3 Å². The Labute approximate surface area is 123 Å². The maximum absolute atomic E-state index is 14.3. The predicted octanol–water partition coefficient (Wildman–Crippen LogP) is 3.73. The molecule has 1 unspecified atom stereocenters. The van der Waals surface area contributed by atoms with Gasteiger partial charge in [0.25, 0.3) is 5.91 Å². The third-order valence-electron chi connectivity index (χ3n) is 3.83. The molecule has 21 heavy (non-hydrogen) atoms. The molecule has 1 N–H and O–H groups in total. The molecule has 2 rings (SSSR count). The van der Waals surface area contributed by atoms with Gasteiger partial charge in [-0.25, -0.2) is 6.57 Å². The van der Waals surface area contributed by atoms with Crippen molar-refractivity contribution in [1.29, 1.82) is 0 Å². The van der Waals surface area contributed by atoms with E-state index in [1.807, 2.05) is 0 Å². The SMILES string of the molecule is [C-]#[N+]C(c1ccccc1)C(F)(F)C(=O)NC1CCCCC1. The lowest BCUT2D eigenvalue weighted by Gasteiger charge is -2.25. The number of amides is 1. The molecule has 1 atom stereocenters. The Morgan fingerprint density at radius 3 is 2.43 bits per heavy atom. The fourth-order valence-electron chi connectivity index (χ4n) is 2.65. The van der Waals surface area contributed by atoms with E-state index < -0.39 is 17.9 Å². The third-order valence-corrected chi connectivity index (χ3v) is 3.83. The van der Waals surface area contributed by atoms with Crippen molar-refractivity contribution >= 4 is 5.91 Å². The number of carbonyl (C=O) groups excluding carboxylic acids is 1. The van der Waals surface area contributed by atoms with Gasteiger partial charge in [0.2, 0.25) is 0 Å². The average molecular weight is 292 g/mol. The molecule has 1 saturated carbocycles. The van der Waals surface area contributed by atoms with E-state index in [-0.39, 0.29) is 11.6 Å². The summed E-state index contributed by atoms with van der Waals surface area (Å²) in [6.07, 6.45) is 4.44. The van der Waals surface area contributed by atoms with Gasteiger partial charge in [-0.1, -0.05) is 49.6 Å². The first kappa shape index (κ1) is 15.4. The van der Waals surface area contributed by atoms with E-state index in [2.05, 4.69) is 10.2 Å². The first-order chi connectivity index (χ1) is 10.1. The third kappa shape index (κ3) is 3.57. The highest BCUT2D eigenvalue weighted by molar-refractivity contribution is 5.85. The standard InChI is InChI=1S/C16H18F2N2O/c1-19-14(12-8-4-2-5-9-12)16(17,18)15(21)20-13-10-6-3-7-11-13/h2,4-5,8-9,13-14H,3,6-7,10-11H2,(H,20,21). The molecule has 0 bridgehead atoms. The van der Waals surface area contributed by atoms with Gasteiger partial charge in [0.15, 0.2) is 0 Å². The van der Waals surface area contributed by atoms with Gasteiger partial charge in [0.1, 0.15) is 0 Å². The minimum Gasteiger partial charge on any atom is -0.348 e. The second-order valence-corrected chi connectivity index (χ2v) is 5.37. The average Bonchev–Trinajstić information content (AvgIpc) is 2.50. The van der Waals surface area contributed by atoms with E-state index in [0.717, 1.165) is 32.1 Å². The smallest absolute Gasteiger partial charge is 0.348 e. The summed E-state index contributed by atoms with van der Waals surface area (Å²) >= 11 is 0. The second-order valence-electron chi connectivity index (χ2n) is 5.37. The Morgan fingerprint density at radius 1 is 1.24 bits per heavy atom. The highest BCUT2D eigenvalue weighted by atomic mass is 19.3. The summed E-state index contributed by atoms with van der Waals surface area (Å²) in [5, 5.41) is 2.41. The topological polar surface area (TPSA) is 33.5 Å². The van der Waals surface area contributed by atoms with Crippen LogP contribution < -0.4 is 5.32 Å². The monoisotopic (exact) mass is 292 g/mol. The Morgan fingerprint density at radius 2 is 1.86 bits per heavy atom. The van der Waals surface area contributed by atoms with Crippen LogP contribution in [0, 0.1) is 6.57 Å². The molecule has 1 fully saturated rings. The van der Waals surface area contributed by atoms with E-state index in [1.165, 1.54) is 12.1 Å². The van der Waals surface area contributed by atoms with Crippen molar-refractivity contribution in [1.82, 2.24) is 5.32 Å². The maximum atomic E-state index is 14.3. The highest BCUT2D eigenvalue weighted by Crippen LogP contribution is 2.35. The van der Waals surface area contributed by atoms with Gasteiger partial charge in [-0.3, -0.25) is 4.79 Å². The number of hydrogen-bond donors (Lipinski definition) is 1. The lowest BCUT2D eigenvalue weighted by molar-refractivity contribution is -0.148. The van der Waals surface area contributed by atoms with Gasteiger partial charge in [-0.05, 0) is 12.8 Å². The summed E-state index contributed by atoms with van der Waals surface area (Å²) in [6.45, 7) is 7.03. The van der Waals surface area contributed by atoms with Crippen LogP contribution in [-0.2, 0) is 4.79 Å². The van der Waals surface area contributed by atoms with Gasteiger partial charge in [0.05, 0.1) is 0 Å². The maximum Gasteiger partial charge on any atom is 0.401 e. The van der Waals surface area contributed by atoms with Gasteiger partial charge >= 0.3 is 12.0 Å². The van der Waals surface area contributed by atoms with Crippen LogP contribution in [0.5, 0.6) is 0 Å². The summed E-state index contributed by atoms with van der Waals surface area (Å²) in [5.74, 6) is -5.06. The van der Waals surface area contributed by atoms with Gasteiger partial charge in [-0.2, -0.15) is 8.78 Å². The number of alkyl halides is 2. The normalized spacial score (nSPS) is 17.8. The Balaban J connectivity index is 2.11. The quantitative estimate of drug-likeness (QED) is 0.843. The molecule has 112 valence electrons. The van der Waals surface area contributed by atoms with E-state index in [9.17, 15) is 13.6 Å². The lowest BCUT2D eigenvalue weighted by Crippen LogP contribution is -2.48. The molecule has 5 heteroatoms. The molecule has 0 radical (unpaired) electrons. The van der Waals surface area contributed by atoms with Crippen LogP contribution in [0.15, 0.2) is 30.3 Å². The van der Waals surface area contributed by atoms with Crippen molar-refractivity contribution in [3.63, 3.8) is 0 Å². The summed E-state index contributed by atoms with van der Waals surface area (Å²) in [7, 11) is 0. The highest BCUT2D eigenvalue weighted by Gasteiger charge is 2.53. The minimum atomic E-state index is -3.72. The van der Waals surface area contributed by atoms with Crippen LogP contribution in [-0.4, -0.2) is 17.9 Å². The summed E-state index contributed by atoms with van der Waals surface area (Å²) in [5.41, 5.74) is 0.163. The summed E-state index contributed by atoms with van der Waals surface area (Å²) in [4.78, 5) is 14.9. The first-order valence-electron chi connectivity index (χ1n) is 7.16. The molecule has 1 aromatic carbocycles. The van der Waals surface area contributed by atoms with Crippen molar-refractivity contribution in [2.24, 2.45) is 0 Å². The number of carbonyl (C=O) groups is 1. The Hall–Kier alpha value is -1.96. The molecule has 3 nitrogen and oxygen atoms in total. The molecule has 0 spiro atoms. The number of benzene rings is 1. The van der Waals surface area contributed by atoms with Gasteiger partial charge in [-0.15, -0.1) is 0 Å². The van der Waals surface area contributed by atoms with Crippen molar-refractivity contribution in [2.75, 3.05) is 0 Å². The Kier molecular flexibility index (Phi) is 4.89. The lowest BCUT2D eigenvalue weighted by atomic mass is 9.94. The predicted molar refractivity (Wildman–Crippen MR) is 75.7 cm³/mol. The number of nitrogens with zero attached hydrogens (tertiary/aromatic N) is 1. The number of halogens is 2. The molecule has 0 aliphatic heterocycles. The summed E-state index contributed by atoms with van der Waals surface area (Å²) < 4.78 is 28.6. The van der Waals surface area contributed by atoms with E-state index >= 15 is 0 Å². The number of rotatable bonds is 4. The van der Waals surface area contributed by atoms with E-state index in [4.69, 9.17) is 6.57 Å². The Bertz CT molecular complexity index is 519. The zero-order valence-electron chi connectivity index (χ0n) is 11.7. The molecule has 0 saturated heterocycles. The second kappa shape index (κ2) is 6.66. The summed E-state index contributed by atoms with van der Waals surface area (Å²) in [6, 6.07) is 5.78. The zero-order valence-corrected chi connectivity index (χ0v) is 11.7. The van der Waals surface area contributed by atoms with E-state index in [1.54, 1.807) is 18.2 Å². The molecule has 1 amide bonds. The van der Waals surface area contributed by atoms with Crippen LogP contribution in [0.1, 0.15) is 43.7 Å². The van der Waals surface area contributed by atoms with E-state index in [0.29, 0.717) is 0 Å². The minimum absolute atomic E-state index is 0.163. The van der Waals surface area contributed by atoms with Gasteiger partial charge in [0, 0.05) is 11.6 Å². The molecule has 0 heterocycles. The van der Waals surface area contributed by atoms with Gasteiger partial charge < -0.3 is 10.2 Å². The number of hydrogen-bond acceptors (Lipinski definition) is 1. The van der Waals surface area contributed by atoms with Crippen LogP contribution in [0.3, 0.4) is 0 Å². The molecule has 1 aliphatic carbocycles. The van der Waals surface area contributed by atoms with Crippen LogP contribution in [0.25, 0.3) is 4.85 Å². The zero-order chi connectivity index (χ0) is 15.3.